The summed E-state index contributed by atoms with van der Waals surface area (Å²) in [6.07, 6.45) is 3.83. The van der Waals surface area contributed by atoms with Gasteiger partial charge in [0.1, 0.15) is 11.3 Å². The number of nitrogens with zero attached hydrogens (tertiary/aromatic N) is 2. The second-order valence-corrected chi connectivity index (χ2v) is 3.41. The number of hydrogen-bond donors (Lipinski definition) is 1. The van der Waals surface area contributed by atoms with Crippen molar-refractivity contribution < 1.29 is 14.6 Å². The molecule has 15 heavy (non-hydrogen) atoms. The third-order valence-electron chi connectivity index (χ3n) is 2.59. The van der Waals surface area contributed by atoms with Gasteiger partial charge in [0.25, 0.3) is 0 Å². The number of aromatic nitrogens is 2. The van der Waals surface area contributed by atoms with E-state index in [2.05, 4.69) is 5.10 Å². The van der Waals surface area contributed by atoms with Crippen LogP contribution in [0.1, 0.15) is 15.9 Å². The van der Waals surface area contributed by atoms with E-state index >= 15 is 0 Å². The van der Waals surface area contributed by atoms with Crippen molar-refractivity contribution in [1.82, 2.24) is 9.61 Å². The third-order valence-corrected chi connectivity index (χ3v) is 2.59. The van der Waals surface area contributed by atoms with E-state index in [0.717, 1.165) is 17.7 Å². The molecule has 0 aromatic carbocycles. The first-order valence-corrected chi connectivity index (χ1v) is 4.62. The zero-order chi connectivity index (χ0) is 10.4. The molecule has 1 N–H and O–H groups in total. The van der Waals surface area contributed by atoms with Crippen LogP contribution in [0.4, 0.5) is 0 Å². The molecule has 0 aliphatic carbocycles. The highest BCUT2D eigenvalue weighted by Crippen LogP contribution is 2.30. The van der Waals surface area contributed by atoms with Gasteiger partial charge in [-0.1, -0.05) is 0 Å². The summed E-state index contributed by atoms with van der Waals surface area (Å²) in [5, 5.41) is 13.0. The predicted molar refractivity (Wildman–Crippen MR) is 51.4 cm³/mol. The monoisotopic (exact) mass is 204 g/mol. The molecule has 0 radical (unpaired) electrons. The van der Waals surface area contributed by atoms with Crippen LogP contribution in [-0.2, 0) is 6.42 Å². The summed E-state index contributed by atoms with van der Waals surface area (Å²) in [5.41, 5.74) is 1.82. The summed E-state index contributed by atoms with van der Waals surface area (Å²) in [6, 6.07) is 1.81. The average molecular weight is 204 g/mol. The number of hydrogen-bond acceptors (Lipinski definition) is 3. The molecule has 5 nitrogen and oxygen atoms in total. The molecule has 0 saturated carbocycles. The zero-order valence-electron chi connectivity index (χ0n) is 7.80. The van der Waals surface area contributed by atoms with Gasteiger partial charge in [0.2, 0.25) is 0 Å². The lowest BCUT2D eigenvalue weighted by Crippen LogP contribution is -1.98. The van der Waals surface area contributed by atoms with Crippen molar-refractivity contribution in [2.75, 3.05) is 6.61 Å². The Bertz CT molecular complexity index is 559. The first kappa shape index (κ1) is 8.28. The van der Waals surface area contributed by atoms with E-state index in [4.69, 9.17) is 9.84 Å². The molecule has 0 fully saturated rings. The molecule has 1 aliphatic rings. The number of carboxylic acid groups (broad SMARTS) is 1. The van der Waals surface area contributed by atoms with Gasteiger partial charge >= 0.3 is 5.97 Å². The number of carboxylic acids is 1. The summed E-state index contributed by atoms with van der Waals surface area (Å²) in [4.78, 5) is 11.0. The molecular formula is C10H8N2O3. The van der Waals surface area contributed by atoms with Crippen LogP contribution in [-0.4, -0.2) is 27.3 Å². The number of pyridine rings is 1. The molecule has 0 spiro atoms. The van der Waals surface area contributed by atoms with Crippen LogP contribution in [0, 0.1) is 0 Å². The maximum absolute atomic E-state index is 11.0. The largest absolute Gasteiger partial charge is 0.493 e. The van der Waals surface area contributed by atoms with Gasteiger partial charge in [-0.25, -0.2) is 9.31 Å². The average Bonchev–Trinajstić information content (AvgIpc) is 2.82. The van der Waals surface area contributed by atoms with Gasteiger partial charge in [-0.15, -0.1) is 0 Å². The van der Waals surface area contributed by atoms with Crippen LogP contribution >= 0.6 is 0 Å². The van der Waals surface area contributed by atoms with Crippen LogP contribution < -0.4 is 4.74 Å². The Balaban J connectivity index is 2.41. The van der Waals surface area contributed by atoms with Gasteiger partial charge in [0, 0.05) is 18.2 Å². The molecule has 0 unspecified atom stereocenters. The van der Waals surface area contributed by atoms with Crippen LogP contribution in [0.25, 0.3) is 5.52 Å². The van der Waals surface area contributed by atoms with E-state index < -0.39 is 5.97 Å². The summed E-state index contributed by atoms with van der Waals surface area (Å²) >= 11 is 0. The Morgan fingerprint density at radius 3 is 3.27 bits per heavy atom. The lowest BCUT2D eigenvalue weighted by atomic mass is 10.1. The van der Waals surface area contributed by atoms with E-state index in [1.54, 1.807) is 10.7 Å². The van der Waals surface area contributed by atoms with Crippen LogP contribution in [0.5, 0.6) is 5.75 Å². The van der Waals surface area contributed by atoms with Crippen molar-refractivity contribution in [3.63, 3.8) is 0 Å². The number of fused-ring (bicyclic) bond motifs is 3. The molecule has 5 heteroatoms. The fraction of sp³-hybridized carbons (Fsp3) is 0.200. The van der Waals surface area contributed by atoms with Crippen molar-refractivity contribution >= 4 is 11.5 Å². The van der Waals surface area contributed by atoms with E-state index in [1.165, 1.54) is 6.20 Å². The number of ether oxygens (including phenoxy) is 1. The Morgan fingerprint density at radius 2 is 2.47 bits per heavy atom. The lowest BCUT2D eigenvalue weighted by Gasteiger charge is -2.01. The summed E-state index contributed by atoms with van der Waals surface area (Å²) < 4.78 is 6.96. The van der Waals surface area contributed by atoms with Crippen molar-refractivity contribution in [3.05, 3.63) is 29.6 Å². The smallest absolute Gasteiger partial charge is 0.339 e. The van der Waals surface area contributed by atoms with Crippen LogP contribution in [0.2, 0.25) is 0 Å². The van der Waals surface area contributed by atoms with Gasteiger partial charge < -0.3 is 9.84 Å². The molecule has 3 heterocycles. The number of aromatic carboxylic acids is 1. The molecule has 0 atom stereocenters. The number of carbonyl (C=O) groups is 1. The first-order valence-electron chi connectivity index (χ1n) is 4.62. The van der Waals surface area contributed by atoms with Crippen LogP contribution in [0.15, 0.2) is 18.5 Å². The fourth-order valence-corrected chi connectivity index (χ4v) is 1.93. The van der Waals surface area contributed by atoms with Gasteiger partial charge in [-0.3, -0.25) is 0 Å². The van der Waals surface area contributed by atoms with Gasteiger partial charge in [-0.2, -0.15) is 5.10 Å². The maximum atomic E-state index is 11.0. The van der Waals surface area contributed by atoms with E-state index in [-0.39, 0.29) is 5.56 Å². The minimum atomic E-state index is -0.953. The second-order valence-electron chi connectivity index (χ2n) is 3.41. The zero-order valence-corrected chi connectivity index (χ0v) is 7.80. The number of rotatable bonds is 1. The van der Waals surface area contributed by atoms with Gasteiger partial charge in [0.05, 0.1) is 18.3 Å². The highest BCUT2D eigenvalue weighted by molar-refractivity contribution is 5.96. The first-order chi connectivity index (χ1) is 7.27. The Morgan fingerprint density at radius 1 is 1.60 bits per heavy atom. The predicted octanol–water partition coefficient (Wildman–Crippen LogP) is 0.967. The Hall–Kier alpha value is -2.04. The molecule has 0 bridgehead atoms. The third kappa shape index (κ3) is 1.03. The Labute approximate surface area is 84.9 Å². The fourth-order valence-electron chi connectivity index (χ4n) is 1.93. The Kier molecular flexibility index (Phi) is 1.50. The quantitative estimate of drug-likeness (QED) is 0.751. The van der Waals surface area contributed by atoms with E-state index in [1.807, 2.05) is 6.07 Å². The topological polar surface area (TPSA) is 63.8 Å². The highest BCUT2D eigenvalue weighted by Gasteiger charge is 2.21. The molecule has 0 amide bonds. The SMILES string of the molecule is O=C(O)c1cnn2ccc3c(c12)CCO3. The molecule has 1 aliphatic heterocycles. The molecule has 2 aromatic rings. The van der Waals surface area contributed by atoms with Crippen molar-refractivity contribution in [2.45, 2.75) is 6.42 Å². The molecule has 0 saturated heterocycles. The second kappa shape index (κ2) is 2.73. The summed E-state index contributed by atoms with van der Waals surface area (Å²) in [5.74, 6) is -0.184. The van der Waals surface area contributed by atoms with Crippen molar-refractivity contribution in [3.8, 4) is 5.75 Å². The highest BCUT2D eigenvalue weighted by atomic mass is 16.5. The van der Waals surface area contributed by atoms with Gasteiger partial charge in [-0.05, 0) is 6.07 Å². The lowest BCUT2D eigenvalue weighted by molar-refractivity contribution is 0.0699. The minimum absolute atomic E-state index is 0.234. The molecular weight excluding hydrogens is 196 g/mol. The summed E-state index contributed by atoms with van der Waals surface area (Å²) in [6.45, 7) is 0.610. The molecule has 2 aromatic heterocycles. The minimum Gasteiger partial charge on any atom is -0.493 e. The van der Waals surface area contributed by atoms with Gasteiger partial charge in [0.15, 0.2) is 0 Å². The van der Waals surface area contributed by atoms with E-state index in [9.17, 15) is 4.79 Å². The van der Waals surface area contributed by atoms with Crippen LogP contribution in [0.3, 0.4) is 0 Å². The van der Waals surface area contributed by atoms with Crippen molar-refractivity contribution in [2.24, 2.45) is 0 Å². The van der Waals surface area contributed by atoms with Crippen molar-refractivity contribution in [1.29, 1.82) is 0 Å². The maximum Gasteiger partial charge on any atom is 0.339 e. The van der Waals surface area contributed by atoms with E-state index in [0.29, 0.717) is 12.1 Å². The summed E-state index contributed by atoms with van der Waals surface area (Å²) in [7, 11) is 0. The molecule has 3 rings (SSSR count). The molecule has 76 valence electrons. The standard InChI is InChI=1S/C10H8N2O3/c13-10(14)7-5-11-12-3-1-8-6(9(7)12)2-4-15-8/h1,3,5H,2,4H2,(H,13,14). The normalized spacial score (nSPS) is 13.9.